The average Bonchev–Trinajstić information content (AvgIpc) is 2.78. The zero-order valence-corrected chi connectivity index (χ0v) is 18.0. The van der Waals surface area contributed by atoms with Crippen molar-refractivity contribution in [2.75, 3.05) is 14.2 Å². The zero-order valence-electron chi connectivity index (χ0n) is 18.0. The number of aromatic nitrogens is 2. The summed E-state index contributed by atoms with van der Waals surface area (Å²) in [4.78, 5) is 26.9. The molecule has 0 spiro atoms. The van der Waals surface area contributed by atoms with E-state index < -0.39 is 5.69 Å². The predicted octanol–water partition coefficient (Wildman–Crippen LogP) is 3.83. The van der Waals surface area contributed by atoms with E-state index >= 15 is 0 Å². The monoisotopic (exact) mass is 416 g/mol. The van der Waals surface area contributed by atoms with Crippen LogP contribution in [-0.4, -0.2) is 23.4 Å². The smallest absolute Gasteiger partial charge is 0.336 e. The van der Waals surface area contributed by atoms with Crippen LogP contribution in [0.1, 0.15) is 16.7 Å². The van der Waals surface area contributed by atoms with Crippen LogP contribution in [0.15, 0.2) is 70.3 Å². The summed E-state index contributed by atoms with van der Waals surface area (Å²) >= 11 is 0. The third-order valence-electron chi connectivity index (χ3n) is 5.51. The lowest BCUT2D eigenvalue weighted by molar-refractivity contribution is 0.355. The lowest BCUT2D eigenvalue weighted by Crippen LogP contribution is -2.39. The third kappa shape index (κ3) is 3.61. The second kappa shape index (κ2) is 8.14. The molecule has 0 bridgehead atoms. The Hall–Kier alpha value is -3.80. The highest BCUT2D eigenvalue weighted by atomic mass is 16.5. The first-order chi connectivity index (χ1) is 14.9. The Labute approximate surface area is 179 Å². The summed E-state index contributed by atoms with van der Waals surface area (Å²) in [5.74, 6) is 0.969. The van der Waals surface area contributed by atoms with Crippen LogP contribution < -0.4 is 20.7 Å². The van der Waals surface area contributed by atoms with Gasteiger partial charge in [-0.05, 0) is 49.2 Å². The van der Waals surface area contributed by atoms with Crippen LogP contribution in [0.3, 0.4) is 0 Å². The summed E-state index contributed by atoms with van der Waals surface area (Å²) < 4.78 is 13.5. The van der Waals surface area contributed by atoms with E-state index in [1.807, 2.05) is 38.1 Å². The van der Waals surface area contributed by atoms with Crippen molar-refractivity contribution in [2.24, 2.45) is 0 Å². The first-order valence-electron chi connectivity index (χ1n) is 9.97. The van der Waals surface area contributed by atoms with E-state index in [4.69, 9.17) is 9.47 Å². The van der Waals surface area contributed by atoms with Gasteiger partial charge in [0.2, 0.25) is 0 Å². The maximum Gasteiger partial charge on any atom is 0.336 e. The molecule has 31 heavy (non-hydrogen) atoms. The fourth-order valence-corrected chi connectivity index (χ4v) is 3.81. The molecule has 4 aromatic rings. The molecule has 1 heterocycles. The van der Waals surface area contributed by atoms with Gasteiger partial charge in [0, 0.05) is 6.07 Å². The second-order valence-electron chi connectivity index (χ2n) is 7.50. The summed E-state index contributed by atoms with van der Waals surface area (Å²) in [6.45, 7) is 4.40. The van der Waals surface area contributed by atoms with E-state index in [0.29, 0.717) is 34.6 Å². The van der Waals surface area contributed by atoms with Crippen LogP contribution in [0.4, 0.5) is 0 Å². The molecule has 0 aliphatic rings. The SMILES string of the molecule is COc1ccc(-n2c(=O)c3ccccc3n(Cc3cc(C)ccc3C)c2=O)cc1OC. The Morgan fingerprint density at radius 1 is 0.839 bits per heavy atom. The highest BCUT2D eigenvalue weighted by Gasteiger charge is 2.17. The minimum absolute atomic E-state index is 0.362. The third-order valence-corrected chi connectivity index (χ3v) is 5.51. The maximum atomic E-state index is 13.6. The molecule has 0 aliphatic carbocycles. The summed E-state index contributed by atoms with van der Waals surface area (Å²) in [6, 6.07) is 18.4. The van der Waals surface area contributed by atoms with Gasteiger partial charge < -0.3 is 9.47 Å². The molecule has 0 saturated carbocycles. The lowest BCUT2D eigenvalue weighted by Gasteiger charge is -2.16. The Bertz CT molecular complexity index is 1400. The molecule has 6 heteroatoms. The van der Waals surface area contributed by atoms with Crippen LogP contribution in [0.5, 0.6) is 11.5 Å². The van der Waals surface area contributed by atoms with Crippen molar-refractivity contribution in [3.8, 4) is 17.2 Å². The van der Waals surface area contributed by atoms with Crippen molar-refractivity contribution < 1.29 is 9.47 Å². The molecule has 3 aromatic carbocycles. The largest absolute Gasteiger partial charge is 0.493 e. The minimum Gasteiger partial charge on any atom is -0.493 e. The Kier molecular flexibility index (Phi) is 5.38. The second-order valence-corrected chi connectivity index (χ2v) is 7.50. The number of nitrogens with zero attached hydrogens (tertiary/aromatic N) is 2. The van der Waals surface area contributed by atoms with Crippen LogP contribution in [0, 0.1) is 13.8 Å². The Balaban J connectivity index is 2.01. The highest BCUT2D eigenvalue weighted by Crippen LogP contribution is 2.28. The topological polar surface area (TPSA) is 62.5 Å². The van der Waals surface area contributed by atoms with Crippen LogP contribution >= 0.6 is 0 Å². The number of benzene rings is 3. The van der Waals surface area contributed by atoms with E-state index in [-0.39, 0.29) is 5.56 Å². The molecule has 0 aliphatic heterocycles. The van der Waals surface area contributed by atoms with Crippen molar-refractivity contribution in [3.63, 3.8) is 0 Å². The van der Waals surface area contributed by atoms with E-state index in [0.717, 1.165) is 16.7 Å². The fourth-order valence-electron chi connectivity index (χ4n) is 3.81. The molecule has 1 aromatic heterocycles. The first kappa shape index (κ1) is 20.5. The minimum atomic E-state index is -0.406. The first-order valence-corrected chi connectivity index (χ1v) is 9.97. The van der Waals surface area contributed by atoms with Crippen molar-refractivity contribution in [1.29, 1.82) is 0 Å². The van der Waals surface area contributed by atoms with E-state index in [1.165, 1.54) is 18.8 Å². The van der Waals surface area contributed by atoms with Crippen molar-refractivity contribution in [2.45, 2.75) is 20.4 Å². The molecule has 0 amide bonds. The number of hydrogen-bond donors (Lipinski definition) is 0. The summed E-state index contributed by atoms with van der Waals surface area (Å²) in [5.41, 5.74) is 3.49. The molecular formula is C25H24N2O4. The van der Waals surface area contributed by atoms with Crippen LogP contribution in [-0.2, 0) is 6.54 Å². The van der Waals surface area contributed by atoms with Gasteiger partial charge in [-0.3, -0.25) is 9.36 Å². The number of aryl methyl sites for hydroxylation is 2. The number of para-hydroxylation sites is 1. The molecule has 0 unspecified atom stereocenters. The number of hydrogen-bond acceptors (Lipinski definition) is 4. The van der Waals surface area contributed by atoms with Gasteiger partial charge in [-0.2, -0.15) is 0 Å². The van der Waals surface area contributed by atoms with Gasteiger partial charge in [0.1, 0.15) is 0 Å². The molecule has 0 saturated heterocycles. The van der Waals surface area contributed by atoms with Gasteiger partial charge in [-0.25, -0.2) is 9.36 Å². The Morgan fingerprint density at radius 2 is 1.58 bits per heavy atom. The molecule has 0 N–H and O–H groups in total. The quantitative estimate of drug-likeness (QED) is 0.496. The van der Waals surface area contributed by atoms with Crippen molar-refractivity contribution >= 4 is 10.9 Å². The fraction of sp³-hybridized carbons (Fsp3) is 0.200. The highest BCUT2D eigenvalue weighted by molar-refractivity contribution is 5.78. The van der Waals surface area contributed by atoms with Crippen LogP contribution in [0.2, 0.25) is 0 Å². The number of fused-ring (bicyclic) bond motifs is 1. The van der Waals surface area contributed by atoms with Crippen LogP contribution in [0.25, 0.3) is 16.6 Å². The van der Waals surface area contributed by atoms with E-state index in [2.05, 4.69) is 6.07 Å². The molecule has 158 valence electrons. The van der Waals surface area contributed by atoms with Gasteiger partial charge in [-0.15, -0.1) is 0 Å². The Morgan fingerprint density at radius 3 is 2.32 bits per heavy atom. The lowest BCUT2D eigenvalue weighted by atomic mass is 10.1. The number of rotatable bonds is 5. The molecule has 0 atom stereocenters. The van der Waals surface area contributed by atoms with Crippen molar-refractivity contribution in [3.05, 3.63) is 98.2 Å². The van der Waals surface area contributed by atoms with Crippen molar-refractivity contribution in [1.82, 2.24) is 9.13 Å². The van der Waals surface area contributed by atoms with Gasteiger partial charge in [-0.1, -0.05) is 35.9 Å². The summed E-state index contributed by atoms with van der Waals surface area (Å²) in [5, 5.41) is 0.474. The van der Waals surface area contributed by atoms with Gasteiger partial charge in [0.05, 0.1) is 37.4 Å². The number of ether oxygens (including phenoxy) is 2. The van der Waals surface area contributed by atoms with Gasteiger partial charge in [0.25, 0.3) is 5.56 Å². The predicted molar refractivity (Wildman–Crippen MR) is 122 cm³/mol. The normalized spacial score (nSPS) is 11.0. The molecule has 0 fully saturated rings. The standard InChI is InChI=1S/C25H24N2O4/c1-16-9-10-17(2)18(13-16)15-26-21-8-6-5-7-20(21)24(28)27(25(26)29)19-11-12-22(30-3)23(14-19)31-4/h5-14H,15H2,1-4H3. The average molecular weight is 416 g/mol. The van der Waals surface area contributed by atoms with Gasteiger partial charge >= 0.3 is 5.69 Å². The van der Waals surface area contributed by atoms with E-state index in [1.54, 1.807) is 34.9 Å². The maximum absolute atomic E-state index is 13.6. The zero-order chi connectivity index (χ0) is 22.1. The van der Waals surface area contributed by atoms with Gasteiger partial charge in [0.15, 0.2) is 11.5 Å². The molecular weight excluding hydrogens is 392 g/mol. The van der Waals surface area contributed by atoms with E-state index in [9.17, 15) is 9.59 Å². The molecule has 4 rings (SSSR count). The molecule has 6 nitrogen and oxygen atoms in total. The summed E-state index contributed by atoms with van der Waals surface area (Å²) in [7, 11) is 3.06. The number of methoxy groups -OCH3 is 2. The summed E-state index contributed by atoms with van der Waals surface area (Å²) in [6.07, 6.45) is 0. The molecule has 0 radical (unpaired) electrons.